The molecule has 2 N–H and O–H groups in total. The van der Waals surface area contributed by atoms with Crippen LogP contribution in [-0.2, 0) is 14.8 Å². The predicted octanol–water partition coefficient (Wildman–Crippen LogP) is 4.22. The lowest BCUT2D eigenvalue weighted by Crippen LogP contribution is -2.35. The lowest BCUT2D eigenvalue weighted by atomic mass is 10.2. The minimum atomic E-state index is -3.84. The first-order valence-corrected chi connectivity index (χ1v) is 11.6. The lowest BCUT2D eigenvalue weighted by molar-refractivity contribution is -0.123. The molecule has 0 spiro atoms. The van der Waals surface area contributed by atoms with Gasteiger partial charge in [-0.05, 0) is 62.7 Å². The summed E-state index contributed by atoms with van der Waals surface area (Å²) in [5.74, 6) is 0.619. The summed E-state index contributed by atoms with van der Waals surface area (Å²) in [7, 11) is -3.84. The Hall–Kier alpha value is -2.45. The molecule has 30 heavy (non-hydrogen) atoms. The van der Waals surface area contributed by atoms with E-state index in [-0.39, 0.29) is 34.2 Å². The number of ether oxygens (including phenoxy) is 2. The molecule has 0 aliphatic carbocycles. The van der Waals surface area contributed by atoms with Crippen LogP contribution in [0, 0.1) is 0 Å². The number of halogens is 1. The van der Waals surface area contributed by atoms with E-state index in [1.807, 2.05) is 20.8 Å². The number of rotatable bonds is 11. The van der Waals surface area contributed by atoms with Crippen molar-refractivity contribution >= 4 is 33.2 Å². The molecule has 0 aliphatic heterocycles. The Labute approximate surface area is 182 Å². The SMILES string of the molecule is CCC[C@H](C)NC(=O)COc1ccc(S(=O)(=O)Nc2ccc(OCC)cc2)cc1Cl. The molecule has 2 rings (SSSR count). The van der Waals surface area contributed by atoms with Gasteiger partial charge in [-0.2, -0.15) is 0 Å². The average Bonchev–Trinajstić information content (AvgIpc) is 2.68. The number of carbonyl (C=O) groups is 1. The Bertz CT molecular complexity index is 948. The number of carbonyl (C=O) groups excluding carboxylic acids is 1. The van der Waals surface area contributed by atoms with Gasteiger partial charge in [-0.1, -0.05) is 24.9 Å². The molecule has 2 aromatic rings. The van der Waals surface area contributed by atoms with Crippen molar-refractivity contribution in [3.8, 4) is 11.5 Å². The molecule has 0 aliphatic rings. The Morgan fingerprint density at radius 1 is 1.10 bits per heavy atom. The molecule has 1 amide bonds. The molecular weight excluding hydrogens is 428 g/mol. The van der Waals surface area contributed by atoms with Crippen LogP contribution in [0.4, 0.5) is 5.69 Å². The van der Waals surface area contributed by atoms with Gasteiger partial charge < -0.3 is 14.8 Å². The third-order valence-corrected chi connectivity index (χ3v) is 5.79. The highest BCUT2D eigenvalue weighted by Crippen LogP contribution is 2.28. The predicted molar refractivity (Wildman–Crippen MR) is 118 cm³/mol. The van der Waals surface area contributed by atoms with Gasteiger partial charge in [-0.15, -0.1) is 0 Å². The van der Waals surface area contributed by atoms with Crippen LogP contribution in [-0.4, -0.2) is 33.6 Å². The maximum absolute atomic E-state index is 12.6. The summed E-state index contributed by atoms with van der Waals surface area (Å²) in [5, 5.41) is 2.92. The Kier molecular flexibility index (Phi) is 8.80. The van der Waals surface area contributed by atoms with E-state index in [2.05, 4.69) is 10.0 Å². The number of benzene rings is 2. The molecule has 0 bridgehead atoms. The smallest absolute Gasteiger partial charge is 0.261 e. The first kappa shape index (κ1) is 23.8. The van der Waals surface area contributed by atoms with E-state index in [1.165, 1.54) is 18.2 Å². The highest BCUT2D eigenvalue weighted by Gasteiger charge is 2.17. The van der Waals surface area contributed by atoms with Gasteiger partial charge in [0, 0.05) is 11.7 Å². The highest BCUT2D eigenvalue weighted by molar-refractivity contribution is 7.92. The van der Waals surface area contributed by atoms with Crippen LogP contribution in [0.15, 0.2) is 47.4 Å². The van der Waals surface area contributed by atoms with E-state index in [0.29, 0.717) is 18.0 Å². The standard InChI is InChI=1S/C21H27ClN2O5S/c1-4-6-15(3)23-21(25)14-29-20-12-11-18(13-19(20)22)30(26,27)24-16-7-9-17(10-8-16)28-5-2/h7-13,15,24H,4-6,14H2,1-3H3,(H,23,25)/t15-/m0/s1. The van der Waals surface area contributed by atoms with Crippen molar-refractivity contribution in [3.05, 3.63) is 47.5 Å². The minimum absolute atomic E-state index is 0.0187. The molecule has 7 nitrogen and oxygen atoms in total. The summed E-state index contributed by atoms with van der Waals surface area (Å²) in [5.41, 5.74) is 0.396. The van der Waals surface area contributed by atoms with Crippen molar-refractivity contribution in [2.75, 3.05) is 17.9 Å². The maximum Gasteiger partial charge on any atom is 0.261 e. The average molecular weight is 455 g/mol. The molecule has 0 saturated heterocycles. The van der Waals surface area contributed by atoms with Crippen LogP contribution in [0.5, 0.6) is 11.5 Å². The third kappa shape index (κ3) is 7.11. The molecule has 9 heteroatoms. The second-order valence-corrected chi connectivity index (χ2v) is 8.79. The Morgan fingerprint density at radius 2 is 1.80 bits per heavy atom. The zero-order chi connectivity index (χ0) is 22.1. The fourth-order valence-corrected chi connectivity index (χ4v) is 4.11. The maximum atomic E-state index is 12.6. The van der Waals surface area contributed by atoms with Gasteiger partial charge in [-0.3, -0.25) is 9.52 Å². The topological polar surface area (TPSA) is 93.7 Å². The number of hydrogen-bond acceptors (Lipinski definition) is 5. The van der Waals surface area contributed by atoms with Crippen LogP contribution in [0.1, 0.15) is 33.6 Å². The van der Waals surface area contributed by atoms with Crippen LogP contribution >= 0.6 is 11.6 Å². The van der Waals surface area contributed by atoms with E-state index in [1.54, 1.807) is 24.3 Å². The summed E-state index contributed by atoms with van der Waals surface area (Å²) in [6, 6.07) is 10.7. The van der Waals surface area contributed by atoms with Gasteiger partial charge in [0.15, 0.2) is 6.61 Å². The van der Waals surface area contributed by atoms with Crippen molar-refractivity contribution in [1.29, 1.82) is 0 Å². The number of hydrogen-bond donors (Lipinski definition) is 2. The molecule has 0 saturated carbocycles. The quantitative estimate of drug-likeness (QED) is 0.530. The normalized spacial score (nSPS) is 12.1. The van der Waals surface area contributed by atoms with E-state index in [9.17, 15) is 13.2 Å². The van der Waals surface area contributed by atoms with Gasteiger partial charge >= 0.3 is 0 Å². The molecule has 0 unspecified atom stereocenters. The molecule has 2 aromatic carbocycles. The summed E-state index contributed by atoms with van der Waals surface area (Å²) in [6.07, 6.45) is 1.84. The van der Waals surface area contributed by atoms with Crippen LogP contribution in [0.3, 0.4) is 0 Å². The molecule has 0 aromatic heterocycles. The Morgan fingerprint density at radius 3 is 2.40 bits per heavy atom. The van der Waals surface area contributed by atoms with Gasteiger partial charge in [0.2, 0.25) is 0 Å². The number of nitrogens with one attached hydrogen (secondary N) is 2. The van der Waals surface area contributed by atoms with Crippen molar-refractivity contribution < 1.29 is 22.7 Å². The second-order valence-electron chi connectivity index (χ2n) is 6.70. The van der Waals surface area contributed by atoms with Crippen molar-refractivity contribution in [1.82, 2.24) is 5.32 Å². The molecule has 164 valence electrons. The number of anilines is 1. The lowest BCUT2D eigenvalue weighted by Gasteiger charge is -2.14. The largest absolute Gasteiger partial charge is 0.494 e. The van der Waals surface area contributed by atoms with Crippen LogP contribution in [0.25, 0.3) is 0 Å². The van der Waals surface area contributed by atoms with Crippen LogP contribution in [0.2, 0.25) is 5.02 Å². The summed E-state index contributed by atoms with van der Waals surface area (Å²) >= 11 is 6.17. The van der Waals surface area contributed by atoms with Crippen LogP contribution < -0.4 is 19.5 Å². The fraction of sp³-hybridized carbons (Fsp3) is 0.381. The highest BCUT2D eigenvalue weighted by atomic mass is 35.5. The van der Waals surface area contributed by atoms with E-state index in [4.69, 9.17) is 21.1 Å². The first-order valence-electron chi connectivity index (χ1n) is 9.72. The molecule has 1 atom stereocenters. The molecule has 0 radical (unpaired) electrons. The number of sulfonamides is 1. The molecule has 0 heterocycles. The minimum Gasteiger partial charge on any atom is -0.494 e. The summed E-state index contributed by atoms with van der Waals surface area (Å²) in [4.78, 5) is 11.9. The van der Waals surface area contributed by atoms with E-state index >= 15 is 0 Å². The van der Waals surface area contributed by atoms with Gasteiger partial charge in [0.05, 0.1) is 16.5 Å². The fourth-order valence-electron chi connectivity index (χ4n) is 2.73. The first-order chi connectivity index (χ1) is 14.2. The van der Waals surface area contributed by atoms with Crippen molar-refractivity contribution in [2.45, 2.75) is 44.6 Å². The zero-order valence-corrected chi connectivity index (χ0v) is 18.8. The Balaban J connectivity index is 2.01. The van der Waals surface area contributed by atoms with Crippen molar-refractivity contribution in [2.24, 2.45) is 0 Å². The molecular formula is C21H27ClN2O5S. The van der Waals surface area contributed by atoms with Crippen molar-refractivity contribution in [3.63, 3.8) is 0 Å². The molecule has 0 fully saturated rings. The monoisotopic (exact) mass is 454 g/mol. The number of amides is 1. The van der Waals surface area contributed by atoms with Gasteiger partial charge in [0.1, 0.15) is 11.5 Å². The van der Waals surface area contributed by atoms with Gasteiger partial charge in [-0.25, -0.2) is 8.42 Å². The third-order valence-electron chi connectivity index (χ3n) is 4.12. The van der Waals surface area contributed by atoms with Gasteiger partial charge in [0.25, 0.3) is 15.9 Å². The summed E-state index contributed by atoms with van der Waals surface area (Å²) < 4.78 is 38.5. The second kappa shape index (κ2) is 11.1. The van der Waals surface area contributed by atoms with E-state index < -0.39 is 10.0 Å². The zero-order valence-electron chi connectivity index (χ0n) is 17.3. The summed E-state index contributed by atoms with van der Waals surface area (Å²) in [6.45, 7) is 6.15. The van der Waals surface area contributed by atoms with E-state index in [0.717, 1.165) is 12.8 Å².